The van der Waals surface area contributed by atoms with Gasteiger partial charge >= 0.3 is 0 Å². The summed E-state index contributed by atoms with van der Waals surface area (Å²) in [6, 6.07) is 2.53. The number of alkyl halides is 1. The molecule has 13 heavy (non-hydrogen) atoms. The molecule has 1 aromatic rings. The van der Waals surface area contributed by atoms with Gasteiger partial charge in [-0.2, -0.15) is 0 Å². The number of rotatable bonds is 1. The first-order valence-corrected chi connectivity index (χ1v) is 5.35. The molecule has 0 radical (unpaired) electrons. The van der Waals surface area contributed by atoms with Gasteiger partial charge in [0.25, 0.3) is 0 Å². The lowest BCUT2D eigenvalue weighted by molar-refractivity contribution is 0.729. The number of hydrogen-bond acceptors (Lipinski definition) is 3. The van der Waals surface area contributed by atoms with Crippen molar-refractivity contribution in [2.45, 2.75) is 24.2 Å². The van der Waals surface area contributed by atoms with Crippen LogP contribution in [-0.2, 0) is 0 Å². The van der Waals surface area contributed by atoms with Gasteiger partial charge in [0.15, 0.2) is 0 Å². The van der Waals surface area contributed by atoms with Crippen LogP contribution in [0, 0.1) is 0 Å². The van der Waals surface area contributed by atoms with Gasteiger partial charge in [-0.3, -0.25) is 0 Å². The van der Waals surface area contributed by atoms with Gasteiger partial charge in [0.1, 0.15) is 12.1 Å². The molecule has 4 heteroatoms. The third-order valence-electron chi connectivity index (χ3n) is 2.38. The number of hydrogen-bond donors (Lipinski definition) is 0. The predicted octanol–water partition coefficient (Wildman–Crippen LogP) is 1.84. The van der Waals surface area contributed by atoms with Gasteiger partial charge in [-0.1, -0.05) is 15.9 Å². The van der Waals surface area contributed by atoms with E-state index in [1.807, 2.05) is 6.07 Å². The Morgan fingerprint density at radius 2 is 2.46 bits per heavy atom. The average Bonchev–Trinajstić information content (AvgIpc) is 2.47. The lowest BCUT2D eigenvalue weighted by Crippen LogP contribution is -2.27. The zero-order valence-electron chi connectivity index (χ0n) is 7.52. The Balaban J connectivity index is 2.18. The van der Waals surface area contributed by atoms with E-state index in [9.17, 15) is 0 Å². The molecule has 2 rings (SSSR count). The van der Waals surface area contributed by atoms with E-state index in [1.165, 1.54) is 6.42 Å². The largest absolute Gasteiger partial charge is 0.353 e. The van der Waals surface area contributed by atoms with Crippen molar-refractivity contribution in [3.63, 3.8) is 0 Å². The summed E-state index contributed by atoms with van der Waals surface area (Å²) >= 11 is 3.63. The van der Waals surface area contributed by atoms with Gasteiger partial charge < -0.3 is 4.90 Å². The summed E-state index contributed by atoms with van der Waals surface area (Å²) in [6.45, 7) is 3.27. The van der Waals surface area contributed by atoms with Crippen molar-refractivity contribution in [3.05, 3.63) is 18.6 Å². The lowest BCUT2D eigenvalue weighted by atomic mass is 10.2. The van der Waals surface area contributed by atoms with Crippen molar-refractivity contribution in [2.24, 2.45) is 0 Å². The Hall–Kier alpha value is -0.640. The summed E-state index contributed by atoms with van der Waals surface area (Å²) in [5.41, 5.74) is 0. The normalized spacial score (nSPS) is 28.0. The summed E-state index contributed by atoms with van der Waals surface area (Å²) in [4.78, 5) is 11.1. The summed E-state index contributed by atoms with van der Waals surface area (Å²) in [5.74, 6) is 1.03. The highest BCUT2D eigenvalue weighted by Gasteiger charge is 2.27. The topological polar surface area (TPSA) is 29.0 Å². The highest BCUT2D eigenvalue weighted by Crippen LogP contribution is 2.26. The molecule has 0 bridgehead atoms. The minimum absolute atomic E-state index is 0.569. The summed E-state index contributed by atoms with van der Waals surface area (Å²) in [6.07, 6.45) is 4.57. The number of aromatic nitrogens is 2. The molecular weight excluding hydrogens is 230 g/mol. The van der Waals surface area contributed by atoms with Crippen molar-refractivity contribution in [2.75, 3.05) is 11.4 Å². The predicted molar refractivity (Wildman–Crippen MR) is 56.2 cm³/mol. The molecule has 70 valence electrons. The van der Waals surface area contributed by atoms with E-state index in [4.69, 9.17) is 0 Å². The molecule has 1 aliphatic rings. The van der Waals surface area contributed by atoms with Crippen LogP contribution in [0.3, 0.4) is 0 Å². The molecule has 0 N–H and O–H groups in total. The van der Waals surface area contributed by atoms with Gasteiger partial charge in [-0.25, -0.2) is 9.97 Å². The summed E-state index contributed by atoms with van der Waals surface area (Å²) < 4.78 is 0. The Morgan fingerprint density at radius 3 is 3.00 bits per heavy atom. The van der Waals surface area contributed by atoms with E-state index in [0.29, 0.717) is 10.9 Å². The van der Waals surface area contributed by atoms with Crippen molar-refractivity contribution >= 4 is 21.7 Å². The van der Waals surface area contributed by atoms with Crippen molar-refractivity contribution in [3.8, 4) is 0 Å². The second-order valence-electron chi connectivity index (χ2n) is 3.40. The summed E-state index contributed by atoms with van der Waals surface area (Å²) in [7, 11) is 0. The standard InChI is InChI=1S/C9H12BrN3/c1-7-4-8(10)5-13(7)9-2-3-11-6-12-9/h2-3,6-8H,4-5H2,1H3. The average molecular weight is 242 g/mol. The monoisotopic (exact) mass is 241 g/mol. The van der Waals surface area contributed by atoms with Crippen LogP contribution in [0.2, 0.25) is 0 Å². The number of nitrogens with zero attached hydrogens (tertiary/aromatic N) is 3. The molecule has 2 unspecified atom stereocenters. The highest BCUT2D eigenvalue weighted by atomic mass is 79.9. The van der Waals surface area contributed by atoms with Crippen LogP contribution in [0.4, 0.5) is 5.82 Å². The molecule has 3 nitrogen and oxygen atoms in total. The molecule has 0 saturated carbocycles. The van der Waals surface area contributed by atoms with E-state index in [0.717, 1.165) is 12.4 Å². The first-order valence-electron chi connectivity index (χ1n) is 4.44. The molecule has 1 fully saturated rings. The van der Waals surface area contributed by atoms with Gasteiger partial charge in [0.05, 0.1) is 0 Å². The molecule has 0 amide bonds. The second-order valence-corrected chi connectivity index (χ2v) is 4.70. The quantitative estimate of drug-likeness (QED) is 0.703. The Labute approximate surface area is 86.3 Å². The molecule has 2 atom stereocenters. The third-order valence-corrected chi connectivity index (χ3v) is 3.05. The maximum absolute atomic E-state index is 4.24. The zero-order chi connectivity index (χ0) is 9.26. The van der Waals surface area contributed by atoms with Crippen molar-refractivity contribution in [1.29, 1.82) is 0 Å². The SMILES string of the molecule is CC1CC(Br)CN1c1ccncn1. The fourth-order valence-corrected chi connectivity index (χ4v) is 2.59. The van der Waals surface area contributed by atoms with E-state index in [-0.39, 0.29) is 0 Å². The Kier molecular flexibility index (Phi) is 2.49. The first kappa shape index (κ1) is 8.94. The van der Waals surface area contributed by atoms with Crippen LogP contribution >= 0.6 is 15.9 Å². The second kappa shape index (κ2) is 3.62. The van der Waals surface area contributed by atoms with Crippen LogP contribution in [0.25, 0.3) is 0 Å². The smallest absolute Gasteiger partial charge is 0.132 e. The third kappa shape index (κ3) is 1.82. The first-order chi connectivity index (χ1) is 6.27. The minimum Gasteiger partial charge on any atom is -0.353 e. The molecule has 1 aromatic heterocycles. The van der Waals surface area contributed by atoms with Gasteiger partial charge in [-0.15, -0.1) is 0 Å². The van der Waals surface area contributed by atoms with E-state index in [1.54, 1.807) is 12.5 Å². The fraction of sp³-hybridized carbons (Fsp3) is 0.556. The van der Waals surface area contributed by atoms with E-state index < -0.39 is 0 Å². The minimum atomic E-state index is 0.569. The molecule has 2 heterocycles. The maximum atomic E-state index is 4.24. The number of halogens is 1. The fourth-order valence-electron chi connectivity index (χ4n) is 1.74. The van der Waals surface area contributed by atoms with Crippen LogP contribution in [-0.4, -0.2) is 27.4 Å². The van der Waals surface area contributed by atoms with E-state index >= 15 is 0 Å². The van der Waals surface area contributed by atoms with Gasteiger partial charge in [0.2, 0.25) is 0 Å². The molecule has 0 aliphatic carbocycles. The van der Waals surface area contributed by atoms with Gasteiger partial charge in [0, 0.05) is 23.6 Å². The highest BCUT2D eigenvalue weighted by molar-refractivity contribution is 9.09. The molecule has 1 saturated heterocycles. The van der Waals surface area contributed by atoms with Crippen LogP contribution < -0.4 is 4.90 Å². The van der Waals surface area contributed by atoms with Crippen LogP contribution in [0.5, 0.6) is 0 Å². The van der Waals surface area contributed by atoms with E-state index in [2.05, 4.69) is 37.7 Å². The van der Waals surface area contributed by atoms with Crippen LogP contribution in [0.1, 0.15) is 13.3 Å². The zero-order valence-corrected chi connectivity index (χ0v) is 9.11. The molecule has 1 aliphatic heterocycles. The van der Waals surface area contributed by atoms with Crippen molar-refractivity contribution < 1.29 is 0 Å². The molecule has 0 spiro atoms. The van der Waals surface area contributed by atoms with Crippen LogP contribution in [0.15, 0.2) is 18.6 Å². The summed E-state index contributed by atoms with van der Waals surface area (Å²) in [5, 5.41) is 0. The Bertz CT molecular complexity index is 277. The van der Waals surface area contributed by atoms with Crippen molar-refractivity contribution in [1.82, 2.24) is 9.97 Å². The Morgan fingerprint density at radius 1 is 1.62 bits per heavy atom. The van der Waals surface area contributed by atoms with Gasteiger partial charge in [-0.05, 0) is 19.4 Å². The molecule has 0 aromatic carbocycles. The lowest BCUT2D eigenvalue weighted by Gasteiger charge is -2.21. The number of anilines is 1. The molecular formula is C9H12BrN3. The maximum Gasteiger partial charge on any atom is 0.132 e.